The van der Waals surface area contributed by atoms with Crippen LogP contribution in [0.15, 0.2) is 4.99 Å². The summed E-state index contributed by atoms with van der Waals surface area (Å²) in [5.74, 6) is 1.14. The van der Waals surface area contributed by atoms with Crippen LogP contribution in [0.25, 0.3) is 0 Å². The predicted octanol–water partition coefficient (Wildman–Crippen LogP) is 2.04. The smallest absolute Gasteiger partial charge is 0.0966 e. The van der Waals surface area contributed by atoms with Crippen LogP contribution >= 0.6 is 0 Å². The molecular weight excluding hydrogens is 124 g/mol. The molecule has 0 unspecified atom stereocenters. The predicted molar refractivity (Wildman–Crippen MR) is 48.3 cm³/mol. The van der Waals surface area contributed by atoms with E-state index in [1.54, 1.807) is 0 Å². The van der Waals surface area contributed by atoms with Crippen molar-refractivity contribution in [3.63, 3.8) is 0 Å². The molecule has 0 aromatic rings. The van der Waals surface area contributed by atoms with Crippen molar-refractivity contribution >= 4 is 5.84 Å². The molecule has 0 aromatic heterocycles. The molecule has 0 amide bonds. The highest BCUT2D eigenvalue weighted by molar-refractivity contribution is 5.82. The van der Waals surface area contributed by atoms with Crippen molar-refractivity contribution in [3.05, 3.63) is 0 Å². The molecule has 2 heteroatoms. The van der Waals surface area contributed by atoms with Gasteiger partial charge in [-0.3, -0.25) is 4.99 Å². The van der Waals surface area contributed by atoms with E-state index in [2.05, 4.69) is 4.99 Å². The van der Waals surface area contributed by atoms with Gasteiger partial charge in [-0.15, -0.1) is 0 Å². The van der Waals surface area contributed by atoms with Gasteiger partial charge in [0.15, 0.2) is 0 Å². The van der Waals surface area contributed by atoms with Crippen LogP contribution in [0.5, 0.6) is 0 Å². The normalized spacial score (nSPS) is 12.0. The molecule has 0 radical (unpaired) electrons. The first-order valence-electron chi connectivity index (χ1n) is 3.37. The lowest BCUT2D eigenvalue weighted by molar-refractivity contribution is 0.790. The van der Waals surface area contributed by atoms with Crippen LogP contribution in [0.4, 0.5) is 0 Å². The number of aliphatic imine (C=N–C) groups is 1. The third-order valence-electron chi connectivity index (χ3n) is 0.999. The topological polar surface area (TPSA) is 38.4 Å². The van der Waals surface area contributed by atoms with Gasteiger partial charge in [-0.2, -0.15) is 0 Å². The van der Waals surface area contributed by atoms with Crippen LogP contribution in [0.2, 0.25) is 0 Å². The van der Waals surface area contributed by atoms with Crippen molar-refractivity contribution in [3.8, 4) is 0 Å². The molecule has 2 nitrogen and oxygen atoms in total. The van der Waals surface area contributed by atoms with Gasteiger partial charge in [-0.05, 0) is 13.8 Å². The van der Waals surface area contributed by atoms with E-state index in [0.717, 1.165) is 5.84 Å². The lowest BCUT2D eigenvalue weighted by atomic mass is 10.2. The Morgan fingerprint density at radius 1 is 1.20 bits per heavy atom. The van der Waals surface area contributed by atoms with E-state index in [9.17, 15) is 0 Å². The summed E-state index contributed by atoms with van der Waals surface area (Å²) < 4.78 is 0. The minimum atomic E-state index is 0. The quantitative estimate of drug-likeness (QED) is 0.467. The lowest BCUT2D eigenvalue weighted by Gasteiger charge is -2.04. The van der Waals surface area contributed by atoms with Gasteiger partial charge in [0.2, 0.25) is 0 Å². The SMILES string of the molecule is C.CC(C)N=C(N)C(C)C. The maximum Gasteiger partial charge on any atom is 0.0966 e. The molecule has 0 bridgehead atoms. The average molecular weight is 144 g/mol. The van der Waals surface area contributed by atoms with E-state index in [1.807, 2.05) is 27.7 Å². The zero-order valence-corrected chi connectivity index (χ0v) is 6.68. The number of amidine groups is 1. The minimum Gasteiger partial charge on any atom is -0.387 e. The van der Waals surface area contributed by atoms with Crippen molar-refractivity contribution in [2.75, 3.05) is 0 Å². The third-order valence-corrected chi connectivity index (χ3v) is 0.999. The largest absolute Gasteiger partial charge is 0.387 e. The van der Waals surface area contributed by atoms with Crippen molar-refractivity contribution in [1.29, 1.82) is 0 Å². The van der Waals surface area contributed by atoms with Crippen LogP contribution < -0.4 is 5.73 Å². The summed E-state index contributed by atoms with van der Waals surface area (Å²) in [5.41, 5.74) is 5.57. The van der Waals surface area contributed by atoms with Crippen LogP contribution in [0.3, 0.4) is 0 Å². The fraction of sp³-hybridized carbons (Fsp3) is 0.875. The Morgan fingerprint density at radius 2 is 1.60 bits per heavy atom. The molecule has 0 fully saturated rings. The first kappa shape index (κ1) is 12.2. The Bertz CT molecular complexity index is 104. The summed E-state index contributed by atoms with van der Waals surface area (Å²) in [7, 11) is 0. The summed E-state index contributed by atoms with van der Waals surface area (Å²) in [4.78, 5) is 4.17. The maximum atomic E-state index is 5.57. The van der Waals surface area contributed by atoms with Crippen molar-refractivity contribution in [2.24, 2.45) is 16.6 Å². The van der Waals surface area contributed by atoms with Gasteiger partial charge in [0.05, 0.1) is 5.84 Å². The zero-order chi connectivity index (χ0) is 7.44. The molecule has 62 valence electrons. The molecule has 0 aliphatic rings. The van der Waals surface area contributed by atoms with E-state index < -0.39 is 0 Å². The van der Waals surface area contributed by atoms with Crippen molar-refractivity contribution < 1.29 is 0 Å². The fourth-order valence-electron chi connectivity index (χ4n) is 0.447. The molecule has 0 spiro atoms. The molecule has 10 heavy (non-hydrogen) atoms. The van der Waals surface area contributed by atoms with Gasteiger partial charge in [0, 0.05) is 12.0 Å². The summed E-state index contributed by atoms with van der Waals surface area (Å²) in [6.07, 6.45) is 0. The van der Waals surface area contributed by atoms with Gasteiger partial charge in [0.1, 0.15) is 0 Å². The fourth-order valence-corrected chi connectivity index (χ4v) is 0.447. The molecule has 0 aliphatic heterocycles. The number of hydrogen-bond acceptors (Lipinski definition) is 1. The van der Waals surface area contributed by atoms with Gasteiger partial charge in [-0.1, -0.05) is 21.3 Å². The Balaban J connectivity index is 0. The summed E-state index contributed by atoms with van der Waals surface area (Å²) in [6, 6.07) is 0.326. The Morgan fingerprint density at radius 3 is 1.70 bits per heavy atom. The number of hydrogen-bond donors (Lipinski definition) is 1. The second-order valence-corrected chi connectivity index (χ2v) is 2.80. The Labute approximate surface area is 64.5 Å². The van der Waals surface area contributed by atoms with Crippen LogP contribution in [0.1, 0.15) is 35.1 Å². The van der Waals surface area contributed by atoms with E-state index in [-0.39, 0.29) is 7.43 Å². The minimum absolute atomic E-state index is 0. The first-order valence-corrected chi connectivity index (χ1v) is 3.37. The van der Waals surface area contributed by atoms with E-state index in [4.69, 9.17) is 5.73 Å². The monoisotopic (exact) mass is 144 g/mol. The van der Waals surface area contributed by atoms with Gasteiger partial charge in [-0.25, -0.2) is 0 Å². The lowest BCUT2D eigenvalue weighted by Crippen LogP contribution is -2.20. The highest BCUT2D eigenvalue weighted by Crippen LogP contribution is 1.94. The van der Waals surface area contributed by atoms with Crippen molar-refractivity contribution in [2.45, 2.75) is 41.2 Å². The molecule has 0 aliphatic carbocycles. The number of rotatable bonds is 2. The van der Waals surface area contributed by atoms with Crippen LogP contribution in [-0.2, 0) is 0 Å². The van der Waals surface area contributed by atoms with Gasteiger partial charge >= 0.3 is 0 Å². The maximum absolute atomic E-state index is 5.57. The van der Waals surface area contributed by atoms with Crippen LogP contribution in [-0.4, -0.2) is 11.9 Å². The zero-order valence-electron chi connectivity index (χ0n) is 6.68. The molecule has 0 aromatic carbocycles. The standard InChI is InChI=1S/C7H16N2.CH4/c1-5(2)7(8)9-6(3)4;/h5-6H,1-4H3,(H2,8,9);1H4. The molecule has 0 saturated carbocycles. The van der Waals surface area contributed by atoms with Crippen molar-refractivity contribution in [1.82, 2.24) is 0 Å². The first-order chi connectivity index (χ1) is 4.04. The van der Waals surface area contributed by atoms with E-state index >= 15 is 0 Å². The summed E-state index contributed by atoms with van der Waals surface area (Å²) in [5, 5.41) is 0. The summed E-state index contributed by atoms with van der Waals surface area (Å²) >= 11 is 0. The second kappa shape index (κ2) is 5.27. The highest BCUT2D eigenvalue weighted by Gasteiger charge is 1.98. The van der Waals surface area contributed by atoms with Gasteiger partial charge < -0.3 is 5.73 Å². The molecule has 2 N–H and O–H groups in total. The van der Waals surface area contributed by atoms with Crippen LogP contribution in [0, 0.1) is 5.92 Å². The average Bonchev–Trinajstić information content (AvgIpc) is 1.63. The summed E-state index contributed by atoms with van der Waals surface area (Å²) in [6.45, 7) is 8.13. The number of nitrogens with two attached hydrogens (primary N) is 1. The Kier molecular flexibility index (Phi) is 6.42. The molecular formula is C8H20N2. The van der Waals surface area contributed by atoms with E-state index in [1.165, 1.54) is 0 Å². The number of nitrogens with zero attached hydrogens (tertiary/aromatic N) is 1. The molecule has 0 saturated heterocycles. The Hall–Kier alpha value is -0.530. The molecule has 0 atom stereocenters. The highest BCUT2D eigenvalue weighted by atomic mass is 14.9. The molecule has 0 heterocycles. The molecule has 0 rings (SSSR count). The second-order valence-electron chi connectivity index (χ2n) is 2.80. The van der Waals surface area contributed by atoms with E-state index in [0.29, 0.717) is 12.0 Å². The third kappa shape index (κ3) is 5.60. The van der Waals surface area contributed by atoms with Gasteiger partial charge in [0.25, 0.3) is 0 Å².